The average molecular weight is 432 g/mol. The Morgan fingerprint density at radius 2 is 1.03 bits per heavy atom. The largest absolute Gasteiger partial charge is 0.254 e. The molecule has 0 unspecified atom stereocenters. The monoisotopic (exact) mass is 432 g/mol. The quantitative estimate of drug-likeness (QED) is 0.377. The molecule has 31 heavy (non-hydrogen) atoms. The van der Waals surface area contributed by atoms with Crippen molar-refractivity contribution in [1.82, 2.24) is 0 Å². The Bertz CT molecular complexity index is 1220. The Balaban J connectivity index is 2.15. The van der Waals surface area contributed by atoms with E-state index in [0.29, 0.717) is 27.2 Å². The highest BCUT2D eigenvalue weighted by Gasteiger charge is 2.29. The van der Waals surface area contributed by atoms with Gasteiger partial charge in [-0.3, -0.25) is 4.74 Å². The summed E-state index contributed by atoms with van der Waals surface area (Å²) in [5, 5.41) is 10.7. The number of rotatable bonds is 4. The lowest BCUT2D eigenvalue weighted by molar-refractivity contribution is 0.629. The van der Waals surface area contributed by atoms with Gasteiger partial charge in [0.1, 0.15) is 17.5 Å². The van der Waals surface area contributed by atoms with Crippen molar-refractivity contribution >= 4 is 28.7 Å². The fraction of sp³-hybridized carbons (Fsp3) is 0. The smallest absolute Gasteiger partial charge is 0.123 e. The van der Waals surface area contributed by atoms with Gasteiger partial charge in [0.25, 0.3) is 0 Å². The van der Waals surface area contributed by atoms with Crippen molar-refractivity contribution < 1.29 is 13.2 Å². The van der Waals surface area contributed by atoms with Crippen molar-refractivity contribution in [3.05, 3.63) is 120 Å². The molecular weight excluding hydrogens is 416 g/mol. The molecule has 0 heterocycles. The van der Waals surface area contributed by atoms with Crippen molar-refractivity contribution in [3.63, 3.8) is 0 Å². The van der Waals surface area contributed by atoms with Gasteiger partial charge in [-0.05, 0) is 60.7 Å². The van der Waals surface area contributed by atoms with Crippen LogP contribution in [-0.2, 0) is 0 Å². The summed E-state index contributed by atoms with van der Waals surface area (Å²) in [5.74, 6) is -1.40. The van der Waals surface area contributed by atoms with Crippen LogP contribution in [0.1, 0.15) is 5.56 Å². The first-order valence-electron chi connectivity index (χ1n) is 9.42. The third kappa shape index (κ3) is 4.17. The van der Waals surface area contributed by atoms with Crippen LogP contribution in [0.4, 0.5) is 18.9 Å². The normalized spacial score (nSPS) is 11.0. The predicted molar refractivity (Wildman–Crippen MR) is 118 cm³/mol. The van der Waals surface area contributed by atoms with Gasteiger partial charge >= 0.3 is 0 Å². The Kier molecular flexibility index (Phi) is 5.75. The zero-order valence-electron chi connectivity index (χ0n) is 16.2. The maximum Gasteiger partial charge on any atom is 0.123 e. The summed E-state index contributed by atoms with van der Waals surface area (Å²) in [6, 6.07) is 26.5. The van der Waals surface area contributed by atoms with Gasteiger partial charge in [-0.2, -0.15) is 5.26 Å². The fourth-order valence-electron chi connectivity index (χ4n) is 3.43. The zero-order valence-corrected chi connectivity index (χ0v) is 17.1. The topological polar surface area (TPSA) is 36.1 Å². The van der Waals surface area contributed by atoms with Crippen LogP contribution in [0.25, 0.3) is 0 Å². The number of nitriles is 1. The lowest BCUT2D eigenvalue weighted by Gasteiger charge is -2.27. The summed E-state index contributed by atoms with van der Waals surface area (Å²) in [6.07, 6.45) is 0. The summed E-state index contributed by atoms with van der Waals surface area (Å²) in [7, 11) is -3.06. The predicted octanol–water partition coefficient (Wildman–Crippen LogP) is 5.78. The van der Waals surface area contributed by atoms with E-state index in [9.17, 15) is 13.2 Å². The molecule has 152 valence electrons. The molecule has 4 rings (SSSR count). The lowest BCUT2D eigenvalue weighted by Crippen LogP contribution is -2.26. The summed E-state index contributed by atoms with van der Waals surface area (Å²) in [6.45, 7) is 0. The van der Waals surface area contributed by atoms with Crippen molar-refractivity contribution in [3.8, 4) is 6.07 Å². The second-order valence-corrected chi connectivity index (χ2v) is 9.85. The highest BCUT2D eigenvalue weighted by atomic mass is 31.2. The molecule has 0 spiro atoms. The molecule has 0 N–H and O–H groups in total. The maximum atomic E-state index is 14.3. The van der Waals surface area contributed by atoms with Gasteiger partial charge in [0.05, 0.1) is 24.4 Å². The summed E-state index contributed by atoms with van der Waals surface area (Å²) in [4.78, 5) is 0. The van der Waals surface area contributed by atoms with Crippen LogP contribution in [0.5, 0.6) is 0 Å². The average Bonchev–Trinajstić information content (AvgIpc) is 2.78. The van der Waals surface area contributed by atoms with E-state index in [4.69, 9.17) is 10.0 Å². The Hall–Kier alpha value is -3.61. The Labute approximate surface area is 178 Å². The Morgan fingerprint density at radius 1 is 0.613 bits per heavy atom. The first-order valence-corrected chi connectivity index (χ1v) is 11.2. The van der Waals surface area contributed by atoms with E-state index in [2.05, 4.69) is 6.07 Å². The van der Waals surface area contributed by atoms with Crippen LogP contribution >= 0.6 is 7.05 Å². The number of hydrogen-bond acceptors (Lipinski definition) is 2. The van der Waals surface area contributed by atoms with Gasteiger partial charge in [-0.1, -0.05) is 36.4 Å². The second-order valence-electron chi connectivity index (χ2n) is 6.83. The lowest BCUT2D eigenvalue weighted by atomic mass is 10.2. The fourth-order valence-corrected chi connectivity index (χ4v) is 6.98. The maximum absolute atomic E-state index is 14.3. The van der Waals surface area contributed by atoms with Crippen LogP contribution in [0.15, 0.2) is 102 Å². The minimum absolute atomic E-state index is 0.463. The van der Waals surface area contributed by atoms with Gasteiger partial charge in [-0.15, -0.1) is 0 Å². The van der Waals surface area contributed by atoms with Crippen molar-refractivity contribution in [1.29, 1.82) is 5.26 Å². The van der Waals surface area contributed by atoms with E-state index < -0.39 is 24.5 Å². The van der Waals surface area contributed by atoms with Crippen LogP contribution in [0.3, 0.4) is 0 Å². The van der Waals surface area contributed by atoms with Gasteiger partial charge in [0.2, 0.25) is 0 Å². The zero-order chi connectivity index (χ0) is 21.8. The van der Waals surface area contributed by atoms with E-state index in [0.717, 1.165) is 0 Å². The Morgan fingerprint density at radius 3 is 1.39 bits per heavy atom. The second kappa shape index (κ2) is 8.63. The third-order valence-electron chi connectivity index (χ3n) is 4.81. The van der Waals surface area contributed by atoms with Crippen molar-refractivity contribution in [2.24, 2.45) is 4.74 Å². The van der Waals surface area contributed by atoms with Gasteiger partial charge < -0.3 is 0 Å². The van der Waals surface area contributed by atoms with E-state index in [1.807, 2.05) is 0 Å². The number of benzene rings is 4. The van der Waals surface area contributed by atoms with Crippen LogP contribution in [-0.4, -0.2) is 0 Å². The van der Waals surface area contributed by atoms with Crippen molar-refractivity contribution in [2.45, 2.75) is 0 Å². The molecule has 0 aliphatic rings. The molecule has 4 aromatic carbocycles. The van der Waals surface area contributed by atoms with Gasteiger partial charge in [0, 0.05) is 15.9 Å². The molecule has 2 nitrogen and oxygen atoms in total. The summed E-state index contributed by atoms with van der Waals surface area (Å²) >= 11 is 0. The van der Waals surface area contributed by atoms with Crippen LogP contribution in [0, 0.1) is 28.8 Å². The van der Waals surface area contributed by atoms with E-state index >= 15 is 0 Å². The summed E-state index contributed by atoms with van der Waals surface area (Å²) < 4.78 is 48.0. The molecule has 6 heteroatoms. The SMILES string of the molecule is N#Cc1ccc(N=P(c2cccc(F)c2)(c2cccc(F)c2)c2cccc(F)c2)cc1. The highest BCUT2D eigenvalue weighted by molar-refractivity contribution is 7.87. The van der Waals surface area contributed by atoms with Gasteiger partial charge in [-0.25, -0.2) is 13.2 Å². The molecule has 4 aromatic rings. The highest BCUT2D eigenvalue weighted by Crippen LogP contribution is 2.49. The van der Waals surface area contributed by atoms with Crippen molar-refractivity contribution in [2.75, 3.05) is 0 Å². The van der Waals surface area contributed by atoms with E-state index in [1.165, 1.54) is 36.4 Å². The molecule has 0 radical (unpaired) electrons. The molecule has 0 saturated heterocycles. The van der Waals surface area contributed by atoms with E-state index in [-0.39, 0.29) is 0 Å². The summed E-state index contributed by atoms with van der Waals surface area (Å²) in [5.41, 5.74) is 0.982. The minimum Gasteiger partial charge on any atom is -0.254 e. The molecule has 0 aromatic heterocycles. The molecule has 0 aliphatic heterocycles. The molecule has 0 atom stereocenters. The molecule has 0 fully saturated rings. The van der Waals surface area contributed by atoms with E-state index in [1.54, 1.807) is 60.7 Å². The first kappa shape index (κ1) is 20.7. The number of nitrogens with zero attached hydrogens (tertiary/aromatic N) is 2. The standard InChI is InChI=1S/C25H16F3N2P/c26-19-4-1-7-23(14-19)31(24-8-2-5-20(27)15-24,25-9-3-6-21(28)16-25)30-22-12-10-18(17-29)11-13-22/h1-16H. The number of halogens is 3. The molecular formula is C25H16F3N2P. The number of hydrogen-bond donors (Lipinski definition) is 0. The molecule has 0 bridgehead atoms. The van der Waals surface area contributed by atoms with Crippen LogP contribution < -0.4 is 15.9 Å². The molecule has 0 amide bonds. The molecule has 0 saturated carbocycles. The van der Waals surface area contributed by atoms with Gasteiger partial charge in [0.15, 0.2) is 0 Å². The minimum atomic E-state index is -3.06. The molecule has 0 aliphatic carbocycles. The first-order chi connectivity index (χ1) is 15.0. The third-order valence-corrected chi connectivity index (χ3v) is 8.41. The van der Waals surface area contributed by atoms with Crippen LogP contribution in [0.2, 0.25) is 0 Å².